The first kappa shape index (κ1) is 17.4. The van der Waals surface area contributed by atoms with E-state index in [0.717, 1.165) is 22.9 Å². The van der Waals surface area contributed by atoms with Crippen LogP contribution in [0.4, 0.5) is 5.69 Å². The summed E-state index contributed by atoms with van der Waals surface area (Å²) in [6, 6.07) is 25.2. The van der Waals surface area contributed by atoms with Crippen molar-refractivity contribution in [2.75, 3.05) is 5.32 Å². The molecule has 1 aliphatic heterocycles. The summed E-state index contributed by atoms with van der Waals surface area (Å²) in [5, 5.41) is 4.51. The molecule has 3 unspecified atom stereocenters. The van der Waals surface area contributed by atoms with Gasteiger partial charge in [-0.15, -0.1) is 0 Å². The highest BCUT2D eigenvalue weighted by molar-refractivity contribution is 6.33. The number of nitrogens with one attached hydrogen (secondary N) is 1. The minimum Gasteiger partial charge on any atom is -0.489 e. The van der Waals surface area contributed by atoms with E-state index in [-0.39, 0.29) is 6.04 Å². The van der Waals surface area contributed by atoms with Gasteiger partial charge in [0.15, 0.2) is 0 Å². The Morgan fingerprint density at radius 3 is 2.57 bits per heavy atom. The monoisotopic (exact) mass is 387 g/mol. The Hall–Kier alpha value is -2.71. The molecule has 3 aromatic rings. The van der Waals surface area contributed by atoms with Gasteiger partial charge in [0.05, 0.1) is 16.8 Å². The van der Waals surface area contributed by atoms with E-state index in [2.05, 4.69) is 59.9 Å². The molecular formula is C25H22ClNO. The molecule has 0 saturated carbocycles. The highest BCUT2D eigenvalue weighted by atomic mass is 35.5. The second-order valence-corrected chi connectivity index (χ2v) is 7.93. The van der Waals surface area contributed by atoms with Crippen molar-refractivity contribution < 1.29 is 4.74 Å². The second-order valence-electron chi connectivity index (χ2n) is 7.52. The molecule has 0 radical (unpaired) electrons. The number of ether oxygens (including phenoxy) is 1. The van der Waals surface area contributed by atoms with Crippen LogP contribution in [0.15, 0.2) is 84.9 Å². The van der Waals surface area contributed by atoms with Crippen LogP contribution in [-0.4, -0.2) is 0 Å². The minimum atomic E-state index is 0.246. The van der Waals surface area contributed by atoms with Gasteiger partial charge in [-0.1, -0.05) is 78.4 Å². The SMILES string of the molecule is Clc1cccc2c1NC(c1ccc(OCc3ccccc3)cc1)C1CC=CC21. The highest BCUT2D eigenvalue weighted by Gasteiger charge is 2.38. The molecule has 0 fully saturated rings. The lowest BCUT2D eigenvalue weighted by Gasteiger charge is -2.38. The third-order valence-corrected chi connectivity index (χ3v) is 6.15. The second kappa shape index (κ2) is 7.37. The molecule has 5 rings (SSSR count). The maximum absolute atomic E-state index is 6.50. The topological polar surface area (TPSA) is 21.3 Å². The van der Waals surface area contributed by atoms with Gasteiger partial charge >= 0.3 is 0 Å². The zero-order valence-corrected chi connectivity index (χ0v) is 16.3. The molecule has 0 spiro atoms. The molecule has 3 atom stereocenters. The number of hydrogen-bond acceptors (Lipinski definition) is 2. The van der Waals surface area contributed by atoms with Crippen LogP contribution in [0.3, 0.4) is 0 Å². The average molecular weight is 388 g/mol. The van der Waals surface area contributed by atoms with Crippen molar-refractivity contribution in [2.24, 2.45) is 5.92 Å². The van der Waals surface area contributed by atoms with Crippen LogP contribution < -0.4 is 10.1 Å². The third-order valence-electron chi connectivity index (χ3n) is 5.83. The summed E-state index contributed by atoms with van der Waals surface area (Å²) >= 11 is 6.50. The molecule has 1 aliphatic carbocycles. The molecule has 3 heteroatoms. The zero-order valence-electron chi connectivity index (χ0n) is 15.5. The minimum absolute atomic E-state index is 0.246. The first-order valence-electron chi connectivity index (χ1n) is 9.78. The van der Waals surface area contributed by atoms with Gasteiger partial charge < -0.3 is 10.1 Å². The Kier molecular flexibility index (Phi) is 4.58. The molecule has 3 aromatic carbocycles. The Morgan fingerprint density at radius 1 is 0.929 bits per heavy atom. The standard InChI is InChI=1S/C25H22ClNO/c26-23-11-5-10-22-20-8-4-9-21(20)24(27-25(22)23)18-12-14-19(15-13-18)28-16-17-6-2-1-3-7-17/h1-8,10-15,20-21,24,27H,9,16H2. The summed E-state index contributed by atoms with van der Waals surface area (Å²) in [4.78, 5) is 0. The lowest BCUT2D eigenvalue weighted by atomic mass is 9.77. The van der Waals surface area contributed by atoms with Crippen LogP contribution >= 0.6 is 11.6 Å². The summed E-state index contributed by atoms with van der Waals surface area (Å²) in [6.45, 7) is 0.583. The largest absolute Gasteiger partial charge is 0.489 e. The number of anilines is 1. The van der Waals surface area contributed by atoms with Crippen molar-refractivity contribution in [1.29, 1.82) is 0 Å². The van der Waals surface area contributed by atoms with Crippen LogP contribution in [-0.2, 0) is 6.61 Å². The van der Waals surface area contributed by atoms with Crippen molar-refractivity contribution in [3.8, 4) is 5.75 Å². The van der Waals surface area contributed by atoms with E-state index in [1.807, 2.05) is 30.3 Å². The van der Waals surface area contributed by atoms with Gasteiger partial charge in [-0.3, -0.25) is 0 Å². The first-order chi connectivity index (χ1) is 13.8. The average Bonchev–Trinajstić information content (AvgIpc) is 3.24. The predicted molar refractivity (Wildman–Crippen MR) is 115 cm³/mol. The van der Waals surface area contributed by atoms with Crippen LogP contribution in [0.1, 0.15) is 35.1 Å². The van der Waals surface area contributed by atoms with Crippen molar-refractivity contribution in [3.63, 3.8) is 0 Å². The number of halogens is 1. The molecule has 2 aliphatic rings. The summed E-state index contributed by atoms with van der Waals surface area (Å²) in [5.41, 5.74) is 4.83. The molecule has 0 bridgehead atoms. The number of allylic oxidation sites excluding steroid dienone is 2. The maximum atomic E-state index is 6.50. The number of fused-ring (bicyclic) bond motifs is 3. The van der Waals surface area contributed by atoms with Gasteiger partial charge in [-0.2, -0.15) is 0 Å². The van der Waals surface area contributed by atoms with Crippen LogP contribution in [0.25, 0.3) is 0 Å². The van der Waals surface area contributed by atoms with Gasteiger partial charge in [0.2, 0.25) is 0 Å². The van der Waals surface area contributed by atoms with Gasteiger partial charge in [0, 0.05) is 5.92 Å². The van der Waals surface area contributed by atoms with E-state index < -0.39 is 0 Å². The van der Waals surface area contributed by atoms with Gasteiger partial charge in [-0.05, 0) is 47.2 Å². The first-order valence-corrected chi connectivity index (χ1v) is 10.2. The lowest BCUT2D eigenvalue weighted by molar-refractivity contribution is 0.306. The third kappa shape index (κ3) is 3.18. The summed E-state index contributed by atoms with van der Waals surface area (Å²) < 4.78 is 5.94. The fourth-order valence-corrected chi connectivity index (χ4v) is 4.66. The van der Waals surface area contributed by atoms with Crippen LogP contribution in [0.5, 0.6) is 5.75 Å². The summed E-state index contributed by atoms with van der Waals surface area (Å²) in [6.07, 6.45) is 5.73. The Bertz CT molecular complexity index is 997. The normalized spacial score (nSPS) is 22.2. The molecule has 1 N–H and O–H groups in total. The zero-order chi connectivity index (χ0) is 18.9. The molecular weight excluding hydrogens is 366 g/mol. The molecule has 1 heterocycles. The van der Waals surface area contributed by atoms with Crippen molar-refractivity contribution in [1.82, 2.24) is 0 Å². The number of hydrogen-bond donors (Lipinski definition) is 1. The Labute approximate surface area is 170 Å². The molecule has 0 saturated heterocycles. The molecule has 140 valence electrons. The summed E-state index contributed by atoms with van der Waals surface area (Å²) in [7, 11) is 0. The fourth-order valence-electron chi connectivity index (χ4n) is 4.43. The van der Waals surface area contributed by atoms with E-state index in [1.54, 1.807) is 0 Å². The van der Waals surface area contributed by atoms with E-state index in [4.69, 9.17) is 16.3 Å². The highest BCUT2D eigenvalue weighted by Crippen LogP contribution is 2.51. The number of benzene rings is 3. The van der Waals surface area contributed by atoms with Gasteiger partial charge in [-0.25, -0.2) is 0 Å². The predicted octanol–water partition coefficient (Wildman–Crippen LogP) is 6.75. The quantitative estimate of drug-likeness (QED) is 0.500. The van der Waals surface area contributed by atoms with Crippen LogP contribution in [0, 0.1) is 5.92 Å². The molecule has 0 amide bonds. The van der Waals surface area contributed by atoms with E-state index in [1.165, 1.54) is 16.7 Å². The van der Waals surface area contributed by atoms with E-state index >= 15 is 0 Å². The van der Waals surface area contributed by atoms with Gasteiger partial charge in [0.1, 0.15) is 12.4 Å². The smallest absolute Gasteiger partial charge is 0.119 e. The van der Waals surface area contributed by atoms with Gasteiger partial charge in [0.25, 0.3) is 0 Å². The Balaban J connectivity index is 1.37. The fraction of sp³-hybridized carbons (Fsp3) is 0.200. The number of para-hydroxylation sites is 1. The number of rotatable bonds is 4. The van der Waals surface area contributed by atoms with Crippen LogP contribution in [0.2, 0.25) is 5.02 Å². The lowest BCUT2D eigenvalue weighted by Crippen LogP contribution is -2.29. The summed E-state index contributed by atoms with van der Waals surface area (Å²) in [5.74, 6) is 1.83. The van der Waals surface area contributed by atoms with Crippen molar-refractivity contribution in [3.05, 3.63) is 107 Å². The van der Waals surface area contributed by atoms with E-state index in [9.17, 15) is 0 Å². The maximum Gasteiger partial charge on any atom is 0.119 e. The molecule has 2 nitrogen and oxygen atoms in total. The van der Waals surface area contributed by atoms with Crippen molar-refractivity contribution >= 4 is 17.3 Å². The van der Waals surface area contributed by atoms with Crippen molar-refractivity contribution in [2.45, 2.75) is 25.0 Å². The van der Waals surface area contributed by atoms with E-state index in [0.29, 0.717) is 18.4 Å². The molecule has 28 heavy (non-hydrogen) atoms. The molecule has 0 aromatic heterocycles. The Morgan fingerprint density at radius 2 is 1.75 bits per heavy atom.